The Kier molecular flexibility index (Phi) is 7.51. The Morgan fingerprint density at radius 3 is 2.38 bits per heavy atom. The minimum Gasteiger partial charge on any atom is -0.496 e. The third kappa shape index (κ3) is 5.35. The average molecular weight is 450 g/mol. The number of ether oxygens (including phenoxy) is 2. The number of rotatable bonds is 9. The second kappa shape index (κ2) is 10.5. The van der Waals surface area contributed by atoms with Crippen molar-refractivity contribution in [2.75, 3.05) is 26.8 Å². The first kappa shape index (κ1) is 22.8. The Morgan fingerprint density at radius 2 is 1.62 bits per heavy atom. The maximum Gasteiger partial charge on any atom is 0.122 e. The van der Waals surface area contributed by atoms with Crippen molar-refractivity contribution in [2.24, 2.45) is 0 Å². The van der Waals surface area contributed by atoms with Gasteiger partial charge in [0.15, 0.2) is 0 Å². The van der Waals surface area contributed by atoms with Crippen molar-refractivity contribution in [3.63, 3.8) is 0 Å². The molecule has 1 saturated heterocycles. The quantitative estimate of drug-likeness (QED) is 0.369. The number of hydrogen-bond acceptors (Lipinski definition) is 3. The van der Waals surface area contributed by atoms with E-state index in [1.165, 1.54) is 12.0 Å². The predicted molar refractivity (Wildman–Crippen MR) is 132 cm³/mol. The van der Waals surface area contributed by atoms with E-state index in [0.29, 0.717) is 6.61 Å². The van der Waals surface area contributed by atoms with Crippen molar-refractivity contribution in [3.8, 4) is 5.75 Å². The van der Waals surface area contributed by atoms with Gasteiger partial charge in [0.05, 0.1) is 13.7 Å². The summed E-state index contributed by atoms with van der Waals surface area (Å²) < 4.78 is 12.2. The summed E-state index contributed by atoms with van der Waals surface area (Å²) in [5.74, 6) is 0.969. The van der Waals surface area contributed by atoms with Gasteiger partial charge in [-0.3, -0.25) is 4.90 Å². The molecular weight excluding hydrogens is 418 g/mol. The van der Waals surface area contributed by atoms with E-state index >= 15 is 0 Å². The molecule has 1 fully saturated rings. The maximum absolute atomic E-state index is 6.66. The molecule has 1 unspecified atom stereocenters. The van der Waals surface area contributed by atoms with Crippen LogP contribution in [0.5, 0.6) is 5.75 Å². The molecule has 3 nitrogen and oxygen atoms in total. The predicted octanol–water partition coefficient (Wildman–Crippen LogP) is 6.55. The van der Waals surface area contributed by atoms with Crippen molar-refractivity contribution in [1.82, 2.24) is 4.90 Å². The van der Waals surface area contributed by atoms with Crippen LogP contribution in [0.25, 0.3) is 0 Å². The number of halogens is 1. The summed E-state index contributed by atoms with van der Waals surface area (Å²) in [6.45, 7) is 5.12. The lowest BCUT2D eigenvalue weighted by Gasteiger charge is -2.36. The number of methoxy groups -OCH3 is 1. The summed E-state index contributed by atoms with van der Waals surface area (Å²) in [5, 5.41) is 0.742. The van der Waals surface area contributed by atoms with Gasteiger partial charge in [0.1, 0.15) is 11.9 Å². The average Bonchev–Trinajstić information content (AvgIpc) is 3.20. The van der Waals surface area contributed by atoms with Crippen LogP contribution in [0.1, 0.15) is 42.6 Å². The third-order valence-electron chi connectivity index (χ3n) is 6.59. The first-order chi connectivity index (χ1) is 15.6. The maximum atomic E-state index is 6.66. The molecule has 3 aromatic rings. The fourth-order valence-corrected chi connectivity index (χ4v) is 4.83. The van der Waals surface area contributed by atoms with Crippen molar-refractivity contribution < 1.29 is 9.47 Å². The Morgan fingerprint density at radius 1 is 0.938 bits per heavy atom. The van der Waals surface area contributed by atoms with Crippen LogP contribution in [0.4, 0.5) is 0 Å². The first-order valence-corrected chi connectivity index (χ1v) is 11.8. The van der Waals surface area contributed by atoms with Gasteiger partial charge in [-0.15, -0.1) is 0 Å². The van der Waals surface area contributed by atoms with Crippen LogP contribution >= 0.6 is 11.6 Å². The largest absolute Gasteiger partial charge is 0.496 e. The minimum atomic E-state index is -0.109. The molecule has 1 heterocycles. The molecule has 0 saturated carbocycles. The van der Waals surface area contributed by atoms with Gasteiger partial charge >= 0.3 is 0 Å². The Labute approximate surface area is 196 Å². The fourth-order valence-electron chi connectivity index (χ4n) is 4.70. The zero-order chi connectivity index (χ0) is 22.4. The number of para-hydroxylation sites is 1. The van der Waals surface area contributed by atoms with Crippen molar-refractivity contribution >= 4 is 11.6 Å². The Bertz CT molecular complexity index is 992. The second-order valence-electron chi connectivity index (χ2n) is 8.80. The van der Waals surface area contributed by atoms with E-state index in [-0.39, 0.29) is 11.6 Å². The number of likely N-dealkylation sites (tertiary alicyclic amines) is 1. The molecular formula is C28H32ClNO2. The van der Waals surface area contributed by atoms with Crippen LogP contribution in [0.2, 0.25) is 5.02 Å². The van der Waals surface area contributed by atoms with Crippen LogP contribution in [-0.2, 0) is 11.2 Å². The van der Waals surface area contributed by atoms with Gasteiger partial charge in [-0.05, 0) is 67.6 Å². The number of benzene rings is 3. The van der Waals surface area contributed by atoms with E-state index in [9.17, 15) is 0 Å². The van der Waals surface area contributed by atoms with Crippen molar-refractivity contribution in [3.05, 3.63) is 101 Å². The summed E-state index contributed by atoms with van der Waals surface area (Å²) in [5.41, 5.74) is 3.56. The molecule has 0 radical (unpaired) electrons. The smallest absolute Gasteiger partial charge is 0.122 e. The van der Waals surface area contributed by atoms with Crippen LogP contribution in [0.3, 0.4) is 0 Å². The molecule has 0 N–H and O–H groups in total. The number of nitrogens with zero attached hydrogens (tertiary/aromatic N) is 1. The van der Waals surface area contributed by atoms with E-state index in [1.54, 1.807) is 7.11 Å². The van der Waals surface area contributed by atoms with E-state index in [2.05, 4.69) is 60.4 Å². The molecule has 0 aromatic heterocycles. The highest BCUT2D eigenvalue weighted by Crippen LogP contribution is 2.34. The van der Waals surface area contributed by atoms with Gasteiger partial charge in [0.2, 0.25) is 0 Å². The summed E-state index contributed by atoms with van der Waals surface area (Å²) in [4.78, 5) is 2.59. The van der Waals surface area contributed by atoms with Gasteiger partial charge < -0.3 is 9.47 Å². The molecule has 2 atom stereocenters. The molecule has 1 aliphatic rings. The molecule has 4 heteroatoms. The van der Waals surface area contributed by atoms with Crippen molar-refractivity contribution in [1.29, 1.82) is 0 Å². The molecule has 0 spiro atoms. The molecule has 3 aromatic carbocycles. The summed E-state index contributed by atoms with van der Waals surface area (Å²) in [6.07, 6.45) is 3.20. The fraction of sp³-hybridized carbons (Fsp3) is 0.357. The van der Waals surface area contributed by atoms with Crippen LogP contribution in [0, 0.1) is 0 Å². The lowest BCUT2D eigenvalue weighted by atomic mass is 9.98. The zero-order valence-corrected chi connectivity index (χ0v) is 19.7. The zero-order valence-electron chi connectivity index (χ0n) is 19.0. The summed E-state index contributed by atoms with van der Waals surface area (Å²) >= 11 is 6.13. The third-order valence-corrected chi connectivity index (χ3v) is 6.84. The number of hydrogen-bond donors (Lipinski definition) is 0. The molecule has 0 amide bonds. The summed E-state index contributed by atoms with van der Waals surface area (Å²) in [6, 6.07) is 26.8. The van der Waals surface area contributed by atoms with E-state index in [1.807, 2.05) is 30.3 Å². The molecule has 1 aliphatic heterocycles. The highest BCUT2D eigenvalue weighted by molar-refractivity contribution is 6.30. The van der Waals surface area contributed by atoms with E-state index < -0.39 is 0 Å². The SMILES string of the molecule is COc1ccccc1CCN1CCC[C@@]1(C)COC(c1ccccc1)c1ccc(Cl)cc1. The van der Waals surface area contributed by atoms with Gasteiger partial charge in [-0.25, -0.2) is 0 Å². The minimum absolute atomic E-state index is 0.0153. The van der Waals surface area contributed by atoms with Crippen LogP contribution in [-0.4, -0.2) is 37.2 Å². The van der Waals surface area contributed by atoms with Crippen molar-refractivity contribution in [2.45, 2.75) is 37.8 Å². The Hall–Kier alpha value is -2.33. The molecule has 168 valence electrons. The first-order valence-electron chi connectivity index (χ1n) is 11.4. The standard InChI is InChI=1S/C28H32ClNO2/c1-28(18-8-19-30(28)20-17-22-9-6-7-12-26(22)31-2)21-32-27(23-10-4-3-5-11-23)24-13-15-25(29)16-14-24/h3-7,9-16,27H,8,17-21H2,1-2H3/t27?,28-/m0/s1. The van der Waals surface area contributed by atoms with E-state index in [4.69, 9.17) is 21.1 Å². The Balaban J connectivity index is 1.47. The normalized spacial score (nSPS) is 19.7. The topological polar surface area (TPSA) is 21.7 Å². The highest BCUT2D eigenvalue weighted by Gasteiger charge is 2.37. The molecule has 0 bridgehead atoms. The van der Waals surface area contributed by atoms with Gasteiger partial charge in [0, 0.05) is 17.1 Å². The summed E-state index contributed by atoms with van der Waals surface area (Å²) in [7, 11) is 1.74. The van der Waals surface area contributed by atoms with Gasteiger partial charge in [-0.2, -0.15) is 0 Å². The molecule has 4 rings (SSSR count). The monoisotopic (exact) mass is 449 g/mol. The molecule has 32 heavy (non-hydrogen) atoms. The van der Waals surface area contributed by atoms with E-state index in [0.717, 1.165) is 47.8 Å². The lowest BCUT2D eigenvalue weighted by molar-refractivity contribution is -0.00438. The van der Waals surface area contributed by atoms with Crippen LogP contribution in [0.15, 0.2) is 78.9 Å². The molecule has 0 aliphatic carbocycles. The lowest BCUT2D eigenvalue weighted by Crippen LogP contribution is -2.46. The second-order valence-corrected chi connectivity index (χ2v) is 9.24. The highest BCUT2D eigenvalue weighted by atomic mass is 35.5. The van der Waals surface area contributed by atoms with Crippen LogP contribution < -0.4 is 4.74 Å². The van der Waals surface area contributed by atoms with Gasteiger partial charge in [-0.1, -0.05) is 72.3 Å². The van der Waals surface area contributed by atoms with Gasteiger partial charge in [0.25, 0.3) is 0 Å².